The third-order valence-corrected chi connectivity index (χ3v) is 7.81. The molecule has 1 aliphatic heterocycles. The number of methoxy groups -OCH3 is 1. The van der Waals surface area contributed by atoms with Crippen molar-refractivity contribution < 1.29 is 28.5 Å². The topological polar surface area (TPSA) is 89.6 Å². The van der Waals surface area contributed by atoms with Crippen molar-refractivity contribution in [2.75, 3.05) is 33.4 Å². The van der Waals surface area contributed by atoms with Crippen LogP contribution in [0.3, 0.4) is 0 Å². The van der Waals surface area contributed by atoms with E-state index in [1.807, 2.05) is 18.9 Å². The first-order valence-corrected chi connectivity index (χ1v) is 16.8. The zero-order valence-electron chi connectivity index (χ0n) is 29.3. The summed E-state index contributed by atoms with van der Waals surface area (Å²) in [6, 6.07) is 12.3. The fourth-order valence-electron chi connectivity index (χ4n) is 5.33. The molecule has 1 aromatic carbocycles. The van der Waals surface area contributed by atoms with Gasteiger partial charge in [-0.2, -0.15) is 0 Å². The first-order valence-electron chi connectivity index (χ1n) is 16.8. The van der Waals surface area contributed by atoms with E-state index in [2.05, 4.69) is 77.8 Å². The normalized spacial score (nSPS) is 18.4. The molecule has 0 aromatic heterocycles. The number of nitrogens with one attached hydrogen (secondary N) is 1. The largest absolute Gasteiger partial charge is 0.438 e. The van der Waals surface area contributed by atoms with Crippen molar-refractivity contribution in [3.8, 4) is 0 Å². The first-order chi connectivity index (χ1) is 21.2. The molecule has 256 valence electrons. The lowest BCUT2D eigenvalue weighted by atomic mass is 9.91. The maximum absolute atomic E-state index is 11.4. The summed E-state index contributed by atoms with van der Waals surface area (Å²) >= 11 is 0. The third-order valence-electron chi connectivity index (χ3n) is 7.81. The van der Waals surface area contributed by atoms with Gasteiger partial charge in [-0.1, -0.05) is 50.6 Å². The van der Waals surface area contributed by atoms with Gasteiger partial charge in [-0.25, -0.2) is 5.01 Å². The van der Waals surface area contributed by atoms with Crippen LogP contribution in [-0.2, 0) is 35.0 Å². The molecule has 9 nitrogen and oxygen atoms in total. The molecule has 0 aliphatic carbocycles. The number of ether oxygens (including phenoxy) is 4. The van der Waals surface area contributed by atoms with Gasteiger partial charge in [0.05, 0.1) is 0 Å². The molecule has 1 aromatic rings. The standard InChI is InChI=1S/C25H43N3O.C7H14O4.C3H8O/c1-5-11-21(2)25(17-16-24-14-7-6-8-15-24)26-22(3)12-9-18-27-19-10-13-23(4)28(27)20-29;1-4-9-6(2)11-7(3)10-5-8;1-3-4-2/h6-8,14-15,20-23,25-26H,5,9-13,16-19H2,1-4H3;5-7H,4H2,1-3H3;3H2,1-2H3. The van der Waals surface area contributed by atoms with Crippen LogP contribution in [0.1, 0.15) is 106 Å². The van der Waals surface area contributed by atoms with Crippen molar-refractivity contribution >= 4 is 12.9 Å². The van der Waals surface area contributed by atoms with Gasteiger partial charge in [-0.3, -0.25) is 14.6 Å². The Balaban J connectivity index is 0.00000102. The molecule has 0 spiro atoms. The Kier molecular flexibility index (Phi) is 26.0. The lowest BCUT2D eigenvalue weighted by Gasteiger charge is -2.40. The van der Waals surface area contributed by atoms with Crippen molar-refractivity contribution in [3.63, 3.8) is 0 Å². The van der Waals surface area contributed by atoms with E-state index in [9.17, 15) is 9.59 Å². The monoisotopic (exact) mass is 623 g/mol. The molecule has 1 heterocycles. The molecule has 1 saturated heterocycles. The van der Waals surface area contributed by atoms with Crippen LogP contribution in [0, 0.1) is 5.92 Å². The summed E-state index contributed by atoms with van der Waals surface area (Å²) in [5, 5.41) is 8.10. The fraction of sp³-hybridized carbons (Fsp3) is 0.771. The maximum atomic E-state index is 11.4. The van der Waals surface area contributed by atoms with Crippen molar-refractivity contribution in [1.82, 2.24) is 15.3 Å². The van der Waals surface area contributed by atoms with E-state index in [4.69, 9.17) is 9.47 Å². The van der Waals surface area contributed by atoms with Crippen LogP contribution < -0.4 is 5.32 Å². The van der Waals surface area contributed by atoms with Gasteiger partial charge in [-0.05, 0) is 98.0 Å². The van der Waals surface area contributed by atoms with Crippen LogP contribution in [0.4, 0.5) is 0 Å². The van der Waals surface area contributed by atoms with E-state index >= 15 is 0 Å². The Hall–Kier alpha value is -2.04. The molecule has 9 heteroatoms. The quantitative estimate of drug-likeness (QED) is 0.128. The highest BCUT2D eigenvalue weighted by atomic mass is 16.8. The number of hydrazine groups is 1. The second-order valence-electron chi connectivity index (χ2n) is 11.6. The number of hydrogen-bond donors (Lipinski definition) is 1. The van der Waals surface area contributed by atoms with Crippen molar-refractivity contribution in [3.05, 3.63) is 35.9 Å². The van der Waals surface area contributed by atoms with E-state index in [0.717, 1.165) is 51.8 Å². The van der Waals surface area contributed by atoms with Crippen LogP contribution in [-0.4, -0.2) is 87.0 Å². The van der Waals surface area contributed by atoms with Gasteiger partial charge in [0.15, 0.2) is 6.29 Å². The van der Waals surface area contributed by atoms with E-state index in [0.29, 0.717) is 37.1 Å². The third kappa shape index (κ3) is 20.1. The predicted octanol–water partition coefficient (Wildman–Crippen LogP) is 6.60. The molecule has 0 radical (unpaired) electrons. The van der Waals surface area contributed by atoms with Gasteiger partial charge < -0.3 is 24.3 Å². The Labute approximate surface area is 269 Å². The number of aryl methyl sites for hydroxylation is 1. The van der Waals surface area contributed by atoms with Crippen LogP contribution in [0.5, 0.6) is 0 Å². The number of carbonyl (C=O) groups is 2. The van der Waals surface area contributed by atoms with Crippen LogP contribution in [0.15, 0.2) is 30.3 Å². The summed E-state index contributed by atoms with van der Waals surface area (Å²) in [6.07, 6.45) is 9.56. The minimum absolute atomic E-state index is 0.338. The number of hydrogen-bond acceptors (Lipinski definition) is 8. The SMILES string of the molecule is CCCC(C)C(CCc1ccccc1)NC(C)CCCN1CCCC(C)N1C=O.CCOC.CCOC(C)OC(C)OC=O. The fourth-order valence-corrected chi connectivity index (χ4v) is 5.33. The zero-order chi connectivity index (χ0) is 33.2. The maximum Gasteiger partial charge on any atom is 0.295 e. The molecule has 1 N–H and O–H groups in total. The number of rotatable bonds is 20. The minimum Gasteiger partial charge on any atom is -0.438 e. The molecular weight excluding hydrogens is 558 g/mol. The van der Waals surface area contributed by atoms with Gasteiger partial charge in [-0.15, -0.1) is 0 Å². The second kappa shape index (κ2) is 27.3. The van der Waals surface area contributed by atoms with Gasteiger partial charge in [0.25, 0.3) is 6.47 Å². The minimum atomic E-state index is -0.547. The van der Waals surface area contributed by atoms with Crippen molar-refractivity contribution in [2.24, 2.45) is 5.92 Å². The molecule has 0 saturated carbocycles. The summed E-state index contributed by atoms with van der Waals surface area (Å²) in [5.74, 6) is 0.694. The highest BCUT2D eigenvalue weighted by molar-refractivity contribution is 5.47. The average molecular weight is 624 g/mol. The average Bonchev–Trinajstić information content (AvgIpc) is 3.00. The van der Waals surface area contributed by atoms with Crippen molar-refractivity contribution in [2.45, 2.75) is 137 Å². The molecule has 44 heavy (non-hydrogen) atoms. The molecular formula is C35H65N3O6. The van der Waals surface area contributed by atoms with E-state index in [1.165, 1.54) is 31.2 Å². The lowest BCUT2D eigenvalue weighted by Crippen LogP contribution is -2.51. The lowest BCUT2D eigenvalue weighted by molar-refractivity contribution is -0.221. The van der Waals surface area contributed by atoms with Gasteiger partial charge in [0.1, 0.15) is 0 Å². The first kappa shape index (κ1) is 42.0. The molecule has 6 atom stereocenters. The second-order valence-corrected chi connectivity index (χ2v) is 11.6. The summed E-state index contributed by atoms with van der Waals surface area (Å²) in [6.45, 7) is 20.1. The smallest absolute Gasteiger partial charge is 0.295 e. The molecule has 0 bridgehead atoms. The molecule has 2 rings (SSSR count). The van der Waals surface area contributed by atoms with Gasteiger partial charge in [0.2, 0.25) is 12.7 Å². The summed E-state index contributed by atoms with van der Waals surface area (Å²) in [5.41, 5.74) is 1.43. The Morgan fingerprint density at radius 2 is 1.66 bits per heavy atom. The van der Waals surface area contributed by atoms with Crippen LogP contribution in [0.2, 0.25) is 0 Å². The highest BCUT2D eigenvalue weighted by Gasteiger charge is 2.24. The number of nitrogens with zero attached hydrogens (tertiary/aromatic N) is 2. The van der Waals surface area contributed by atoms with Crippen LogP contribution in [0.25, 0.3) is 0 Å². The van der Waals surface area contributed by atoms with Gasteiger partial charge >= 0.3 is 0 Å². The molecule has 1 aliphatic rings. The van der Waals surface area contributed by atoms with E-state index < -0.39 is 6.29 Å². The zero-order valence-corrected chi connectivity index (χ0v) is 29.3. The number of carbonyl (C=O) groups excluding carboxylic acids is 2. The molecule has 6 unspecified atom stereocenters. The predicted molar refractivity (Wildman–Crippen MR) is 179 cm³/mol. The number of benzene rings is 1. The summed E-state index contributed by atoms with van der Waals surface area (Å²) in [4.78, 5) is 21.2. The van der Waals surface area contributed by atoms with Gasteiger partial charge in [0, 0.05) is 51.5 Å². The summed E-state index contributed by atoms with van der Waals surface area (Å²) < 4.78 is 19.1. The van der Waals surface area contributed by atoms with Crippen LogP contribution >= 0.6 is 0 Å². The molecule has 1 amide bonds. The highest BCUT2D eigenvalue weighted by Crippen LogP contribution is 2.19. The Bertz CT molecular complexity index is 800. The van der Waals surface area contributed by atoms with Crippen molar-refractivity contribution in [1.29, 1.82) is 0 Å². The Morgan fingerprint density at radius 3 is 2.23 bits per heavy atom. The van der Waals surface area contributed by atoms with E-state index in [1.54, 1.807) is 21.0 Å². The Morgan fingerprint density at radius 1 is 0.977 bits per heavy atom. The van der Waals surface area contributed by atoms with E-state index in [-0.39, 0.29) is 6.29 Å². The number of amides is 1. The molecule has 1 fully saturated rings. The summed E-state index contributed by atoms with van der Waals surface area (Å²) in [7, 11) is 1.68.